The van der Waals surface area contributed by atoms with Gasteiger partial charge in [0, 0.05) is 27.8 Å². The van der Waals surface area contributed by atoms with E-state index in [1.54, 1.807) is 0 Å². The maximum absolute atomic E-state index is 7.00. The molecule has 1 aliphatic carbocycles. The minimum absolute atomic E-state index is 0.550. The lowest BCUT2D eigenvalue weighted by Crippen LogP contribution is -2.32. The van der Waals surface area contributed by atoms with E-state index in [0.717, 1.165) is 61.8 Å². The summed E-state index contributed by atoms with van der Waals surface area (Å²) in [6.45, 7) is 0. The van der Waals surface area contributed by atoms with Crippen molar-refractivity contribution in [3.63, 3.8) is 0 Å². The molecule has 0 saturated carbocycles. The van der Waals surface area contributed by atoms with Crippen molar-refractivity contribution in [3.05, 3.63) is 204 Å². The Kier molecular flexibility index (Phi) is 6.40. The van der Waals surface area contributed by atoms with Gasteiger partial charge in [-0.1, -0.05) is 164 Å². The molecule has 0 N–H and O–H groups in total. The molecule has 0 amide bonds. The molecular weight excluding hydrogens is 609 g/mol. The Bertz CT molecular complexity index is 2530. The van der Waals surface area contributed by atoms with E-state index in [2.05, 4.69) is 158 Å². The summed E-state index contributed by atoms with van der Waals surface area (Å²) >= 11 is 0. The van der Waals surface area contributed by atoms with Gasteiger partial charge in [0.15, 0.2) is 5.82 Å². The molecule has 0 saturated heterocycles. The molecule has 0 fully saturated rings. The molecule has 234 valence electrons. The van der Waals surface area contributed by atoms with Gasteiger partial charge in [-0.2, -0.15) is 0 Å². The molecule has 1 aromatic heterocycles. The van der Waals surface area contributed by atoms with Crippen LogP contribution >= 0.6 is 0 Å². The van der Waals surface area contributed by atoms with E-state index in [4.69, 9.17) is 14.7 Å². The second kappa shape index (κ2) is 11.3. The third kappa shape index (κ3) is 4.17. The van der Waals surface area contributed by atoms with E-state index in [1.807, 2.05) is 24.3 Å². The molecule has 1 aliphatic heterocycles. The summed E-state index contributed by atoms with van der Waals surface area (Å²) in [5, 5.41) is 0. The Morgan fingerprint density at radius 3 is 1.52 bits per heavy atom. The Morgan fingerprint density at radius 2 is 0.840 bits per heavy atom. The van der Waals surface area contributed by atoms with Gasteiger partial charge in [0.2, 0.25) is 0 Å². The zero-order chi connectivity index (χ0) is 33.1. The van der Waals surface area contributed by atoms with Crippen LogP contribution in [0.3, 0.4) is 0 Å². The van der Waals surface area contributed by atoms with Gasteiger partial charge >= 0.3 is 0 Å². The summed E-state index contributed by atoms with van der Waals surface area (Å²) in [6, 6.07) is 64.0. The fourth-order valence-corrected chi connectivity index (χ4v) is 8.10. The number of hydrogen-bond acceptors (Lipinski definition) is 3. The summed E-state index contributed by atoms with van der Waals surface area (Å²) in [4.78, 5) is 10.5. The van der Waals surface area contributed by atoms with Gasteiger partial charge in [-0.3, -0.25) is 0 Å². The van der Waals surface area contributed by atoms with Crippen LogP contribution in [0, 0.1) is 0 Å². The first-order valence-corrected chi connectivity index (χ1v) is 17.0. The molecule has 0 unspecified atom stereocenters. The molecule has 50 heavy (non-hydrogen) atoms. The van der Waals surface area contributed by atoms with Crippen molar-refractivity contribution < 1.29 is 4.74 Å². The highest BCUT2D eigenvalue weighted by atomic mass is 16.5. The fraction of sp³-hybridized carbons (Fsp3) is 0.0213. The third-order valence-electron chi connectivity index (χ3n) is 10.2. The Morgan fingerprint density at radius 1 is 0.360 bits per heavy atom. The molecular formula is C47H30N2O. The van der Waals surface area contributed by atoms with E-state index < -0.39 is 5.41 Å². The molecule has 2 heterocycles. The van der Waals surface area contributed by atoms with Crippen LogP contribution in [0.2, 0.25) is 0 Å². The maximum Gasteiger partial charge on any atom is 0.160 e. The van der Waals surface area contributed by atoms with Crippen LogP contribution in [-0.2, 0) is 5.41 Å². The minimum atomic E-state index is -0.550. The highest BCUT2D eigenvalue weighted by Gasteiger charge is 2.51. The van der Waals surface area contributed by atoms with Crippen LogP contribution in [0.25, 0.3) is 56.2 Å². The Labute approximate surface area is 291 Å². The second-order valence-electron chi connectivity index (χ2n) is 12.9. The van der Waals surface area contributed by atoms with Crippen LogP contribution < -0.4 is 4.74 Å². The first-order chi connectivity index (χ1) is 24.8. The van der Waals surface area contributed by atoms with E-state index in [-0.39, 0.29) is 0 Å². The molecule has 2 aliphatic rings. The van der Waals surface area contributed by atoms with Crippen molar-refractivity contribution in [1.82, 2.24) is 9.97 Å². The van der Waals surface area contributed by atoms with Crippen LogP contribution in [0.15, 0.2) is 182 Å². The lowest BCUT2D eigenvalue weighted by atomic mass is 9.65. The average molecular weight is 639 g/mol. The molecule has 0 bridgehead atoms. The van der Waals surface area contributed by atoms with Crippen molar-refractivity contribution in [3.8, 4) is 67.7 Å². The first kappa shape index (κ1) is 28.4. The van der Waals surface area contributed by atoms with E-state index in [1.165, 1.54) is 22.3 Å². The number of benzene rings is 7. The largest absolute Gasteiger partial charge is 0.456 e. The Balaban J connectivity index is 1.26. The van der Waals surface area contributed by atoms with Gasteiger partial charge in [-0.25, -0.2) is 9.97 Å². The monoisotopic (exact) mass is 638 g/mol. The van der Waals surface area contributed by atoms with Crippen molar-refractivity contribution in [1.29, 1.82) is 0 Å². The van der Waals surface area contributed by atoms with Gasteiger partial charge in [0.05, 0.1) is 16.8 Å². The fourth-order valence-electron chi connectivity index (χ4n) is 8.10. The smallest absolute Gasteiger partial charge is 0.160 e. The SMILES string of the molecule is c1ccc(-c2nc(-c3ccccc3-c3ccccc3)cc(-c3cccc4c3Oc3ccccc3C43c4ccccc4-c4ccccc43)n2)cc1. The zero-order valence-corrected chi connectivity index (χ0v) is 27.1. The van der Waals surface area contributed by atoms with Crippen molar-refractivity contribution in [2.45, 2.75) is 5.41 Å². The van der Waals surface area contributed by atoms with Crippen molar-refractivity contribution in [2.24, 2.45) is 0 Å². The van der Waals surface area contributed by atoms with Crippen LogP contribution in [0.5, 0.6) is 11.5 Å². The topological polar surface area (TPSA) is 35.0 Å². The normalized spacial score (nSPS) is 13.1. The van der Waals surface area contributed by atoms with Crippen LogP contribution in [-0.4, -0.2) is 9.97 Å². The summed E-state index contributed by atoms with van der Waals surface area (Å²) < 4.78 is 7.00. The predicted octanol–water partition coefficient (Wildman–Crippen LogP) is 11.6. The highest BCUT2D eigenvalue weighted by molar-refractivity contribution is 5.91. The van der Waals surface area contributed by atoms with Gasteiger partial charge in [0.1, 0.15) is 11.5 Å². The number of para-hydroxylation sites is 2. The number of aromatic nitrogens is 2. The maximum atomic E-state index is 7.00. The molecule has 10 rings (SSSR count). The van der Waals surface area contributed by atoms with E-state index in [9.17, 15) is 0 Å². The number of nitrogens with zero attached hydrogens (tertiary/aromatic N) is 2. The predicted molar refractivity (Wildman–Crippen MR) is 201 cm³/mol. The molecule has 0 radical (unpaired) electrons. The lowest BCUT2D eigenvalue weighted by Gasteiger charge is -2.40. The molecule has 3 nitrogen and oxygen atoms in total. The summed E-state index contributed by atoms with van der Waals surface area (Å²) in [7, 11) is 0. The summed E-state index contributed by atoms with van der Waals surface area (Å²) in [5.41, 5.74) is 13.6. The van der Waals surface area contributed by atoms with E-state index in [0.29, 0.717) is 5.82 Å². The highest BCUT2D eigenvalue weighted by Crippen LogP contribution is 2.63. The molecule has 3 heteroatoms. The van der Waals surface area contributed by atoms with E-state index >= 15 is 0 Å². The van der Waals surface area contributed by atoms with Gasteiger partial charge in [0.25, 0.3) is 0 Å². The van der Waals surface area contributed by atoms with Crippen LogP contribution in [0.1, 0.15) is 22.3 Å². The molecule has 7 aromatic carbocycles. The number of rotatable bonds is 4. The van der Waals surface area contributed by atoms with Gasteiger partial charge in [-0.15, -0.1) is 0 Å². The third-order valence-corrected chi connectivity index (χ3v) is 10.2. The molecule has 0 atom stereocenters. The average Bonchev–Trinajstić information content (AvgIpc) is 3.49. The molecule has 8 aromatic rings. The first-order valence-electron chi connectivity index (χ1n) is 17.0. The second-order valence-corrected chi connectivity index (χ2v) is 12.9. The zero-order valence-electron chi connectivity index (χ0n) is 27.1. The Hall–Kier alpha value is -6.58. The minimum Gasteiger partial charge on any atom is -0.456 e. The number of ether oxygens (including phenoxy) is 1. The molecule has 1 spiro atoms. The number of hydrogen-bond donors (Lipinski definition) is 0. The van der Waals surface area contributed by atoms with Gasteiger partial charge < -0.3 is 4.74 Å². The van der Waals surface area contributed by atoms with Crippen LogP contribution in [0.4, 0.5) is 0 Å². The summed E-state index contributed by atoms with van der Waals surface area (Å²) in [5.74, 6) is 2.34. The summed E-state index contributed by atoms with van der Waals surface area (Å²) in [6.07, 6.45) is 0. The van der Waals surface area contributed by atoms with Crippen molar-refractivity contribution in [2.75, 3.05) is 0 Å². The number of fused-ring (bicyclic) bond motifs is 9. The van der Waals surface area contributed by atoms with Crippen molar-refractivity contribution >= 4 is 0 Å². The lowest BCUT2D eigenvalue weighted by molar-refractivity contribution is 0.438. The standard InChI is InChI=1S/C47H30N2O/c1-3-16-31(17-4-1)33-20-7-8-23-36(33)42-30-43(49-46(48-42)32-18-5-2-6-19-32)37-24-15-28-41-45(37)50-44-29-14-13-27-40(44)47(41)38-25-11-9-21-34(38)35-22-10-12-26-39(35)47/h1-30H. The van der Waals surface area contributed by atoms with Gasteiger partial charge in [-0.05, 0) is 51.6 Å². The quantitative estimate of drug-likeness (QED) is 0.192.